The van der Waals surface area contributed by atoms with Gasteiger partial charge in [-0.1, -0.05) is 78.0 Å². The highest BCUT2D eigenvalue weighted by Crippen LogP contribution is 2.12. The Balaban J connectivity index is 2.97. The van der Waals surface area contributed by atoms with Crippen molar-refractivity contribution in [1.29, 1.82) is 0 Å². The van der Waals surface area contributed by atoms with E-state index < -0.39 is 45.9 Å². The Morgan fingerprint density at radius 3 is 1.79 bits per heavy atom. The highest BCUT2D eigenvalue weighted by molar-refractivity contribution is 7.93. The van der Waals surface area contributed by atoms with Gasteiger partial charge in [0.25, 0.3) is 0 Å². The van der Waals surface area contributed by atoms with Crippen molar-refractivity contribution >= 4 is 27.7 Å². The maximum atomic E-state index is 13.3. The summed E-state index contributed by atoms with van der Waals surface area (Å²) in [7, 11) is -3.36. The molecule has 0 bridgehead atoms. The minimum atomic E-state index is -3.36. The van der Waals surface area contributed by atoms with Gasteiger partial charge >= 0.3 is 6.09 Å². The van der Waals surface area contributed by atoms with Crippen LogP contribution in [0.4, 0.5) is 4.79 Å². The second kappa shape index (κ2) is 16.2. The van der Waals surface area contributed by atoms with Gasteiger partial charge < -0.3 is 20.7 Å². The molecule has 0 aliphatic heterocycles. The van der Waals surface area contributed by atoms with Gasteiger partial charge in [-0.3, -0.25) is 9.59 Å². The van der Waals surface area contributed by atoms with Crippen LogP contribution < -0.4 is 16.0 Å². The zero-order chi connectivity index (χ0) is 28.9. The van der Waals surface area contributed by atoms with Gasteiger partial charge in [0, 0.05) is 17.7 Å². The molecule has 10 heteroatoms. The fraction of sp³-hybridized carbons (Fsp3) is 0.607. The number of hydrogen-bond donors (Lipinski definition) is 3. The van der Waals surface area contributed by atoms with Crippen LogP contribution in [0.15, 0.2) is 41.8 Å². The van der Waals surface area contributed by atoms with E-state index in [9.17, 15) is 22.8 Å². The number of benzene rings is 1. The van der Waals surface area contributed by atoms with Gasteiger partial charge in [-0.2, -0.15) is 0 Å². The number of nitrogens with one attached hydrogen (secondary N) is 3. The maximum absolute atomic E-state index is 13.3. The fourth-order valence-corrected chi connectivity index (χ4v) is 4.27. The first-order valence-corrected chi connectivity index (χ1v) is 15.1. The van der Waals surface area contributed by atoms with Crippen molar-refractivity contribution in [2.45, 2.75) is 85.5 Å². The monoisotopic (exact) mass is 551 g/mol. The molecule has 3 atom stereocenters. The number of amides is 3. The highest BCUT2D eigenvalue weighted by atomic mass is 32.2. The lowest BCUT2D eigenvalue weighted by Crippen LogP contribution is -2.55. The average molecular weight is 552 g/mol. The Morgan fingerprint density at radius 2 is 1.29 bits per heavy atom. The van der Waals surface area contributed by atoms with Crippen molar-refractivity contribution in [3.8, 4) is 0 Å². The van der Waals surface area contributed by atoms with Crippen LogP contribution in [0.2, 0.25) is 0 Å². The van der Waals surface area contributed by atoms with E-state index in [1.165, 1.54) is 6.08 Å². The normalized spacial score (nSPS) is 14.4. The van der Waals surface area contributed by atoms with Gasteiger partial charge in [0.2, 0.25) is 11.8 Å². The number of ether oxygens (including phenoxy) is 1. The Labute approximate surface area is 228 Å². The van der Waals surface area contributed by atoms with Gasteiger partial charge in [0.1, 0.15) is 18.7 Å². The molecular weight excluding hydrogens is 506 g/mol. The summed E-state index contributed by atoms with van der Waals surface area (Å²) in [5, 5.41) is 9.39. The third-order valence-electron chi connectivity index (χ3n) is 5.48. The molecule has 0 radical (unpaired) electrons. The largest absolute Gasteiger partial charge is 0.445 e. The Bertz CT molecular complexity index is 1020. The Kier molecular flexibility index (Phi) is 14.1. The zero-order valence-electron chi connectivity index (χ0n) is 23.7. The molecule has 0 aliphatic carbocycles. The van der Waals surface area contributed by atoms with Gasteiger partial charge in [-0.15, -0.1) is 0 Å². The Hall–Kier alpha value is -2.88. The fourth-order valence-electron chi connectivity index (χ4n) is 3.80. The summed E-state index contributed by atoms with van der Waals surface area (Å²) in [6.45, 7) is 11.7. The van der Waals surface area contributed by atoms with Crippen LogP contribution in [-0.4, -0.2) is 50.7 Å². The van der Waals surface area contributed by atoms with Crippen molar-refractivity contribution in [2.75, 3.05) is 6.26 Å². The molecule has 0 heterocycles. The van der Waals surface area contributed by atoms with Crippen LogP contribution in [0.3, 0.4) is 0 Å². The lowest BCUT2D eigenvalue weighted by Gasteiger charge is -2.26. The molecule has 0 saturated carbocycles. The lowest BCUT2D eigenvalue weighted by atomic mass is 9.99. The number of carbonyl (C=O) groups excluding carboxylic acids is 3. The van der Waals surface area contributed by atoms with Crippen LogP contribution in [0.1, 0.15) is 66.4 Å². The van der Waals surface area contributed by atoms with Crippen molar-refractivity contribution in [3.63, 3.8) is 0 Å². The van der Waals surface area contributed by atoms with E-state index in [0.29, 0.717) is 19.3 Å². The van der Waals surface area contributed by atoms with E-state index in [0.717, 1.165) is 17.2 Å². The van der Waals surface area contributed by atoms with Gasteiger partial charge in [0.15, 0.2) is 9.84 Å². The van der Waals surface area contributed by atoms with Gasteiger partial charge in [-0.05, 0) is 42.6 Å². The van der Waals surface area contributed by atoms with E-state index in [2.05, 4.69) is 16.0 Å². The molecule has 0 aliphatic rings. The summed E-state index contributed by atoms with van der Waals surface area (Å²) in [6, 6.07) is 6.95. The highest BCUT2D eigenvalue weighted by Gasteiger charge is 2.29. The standard InChI is InChI=1S/C28H45N3O6S/c1-19(2)15-23(13-14-38(7,35)36)29-26(32)24(16-20(3)4)30-27(33)25(17-21(5)6)31-28(34)37-18-22-11-9-8-10-12-22/h8-14,19-21,23-25H,15-18H2,1-7H3,(H,29,32)(H,30,33)(H,31,34)/b14-13+/t23-,24+,25+/m1/s1. The Morgan fingerprint density at radius 1 is 0.789 bits per heavy atom. The van der Waals surface area contributed by atoms with E-state index in [-0.39, 0.29) is 24.4 Å². The first-order chi connectivity index (χ1) is 17.7. The SMILES string of the molecule is CC(C)C[C@@H](/C=C/S(C)(=O)=O)NC(=O)[C@H](CC(C)C)NC(=O)[C@H](CC(C)C)NC(=O)OCc1ccccc1. The van der Waals surface area contributed by atoms with Gasteiger partial charge in [-0.25, -0.2) is 13.2 Å². The van der Waals surface area contributed by atoms with Crippen molar-refractivity contribution in [2.24, 2.45) is 17.8 Å². The number of alkyl carbamates (subject to hydrolysis) is 1. The summed E-state index contributed by atoms with van der Waals surface area (Å²) in [5.74, 6) is -0.513. The van der Waals surface area contributed by atoms with Crippen LogP contribution in [0, 0.1) is 17.8 Å². The summed E-state index contributed by atoms with van der Waals surface area (Å²) in [5.41, 5.74) is 0.821. The molecule has 3 N–H and O–H groups in total. The topological polar surface area (TPSA) is 131 Å². The van der Waals surface area contributed by atoms with E-state index in [4.69, 9.17) is 4.74 Å². The maximum Gasteiger partial charge on any atom is 0.408 e. The lowest BCUT2D eigenvalue weighted by molar-refractivity contribution is -0.130. The van der Waals surface area contributed by atoms with Crippen LogP contribution in [0.5, 0.6) is 0 Å². The predicted octanol–water partition coefficient (Wildman–Crippen LogP) is 3.95. The number of hydrogen-bond acceptors (Lipinski definition) is 6. The van der Waals surface area contributed by atoms with Crippen LogP contribution >= 0.6 is 0 Å². The third kappa shape index (κ3) is 14.8. The molecule has 3 amide bonds. The molecule has 0 spiro atoms. The molecular formula is C28H45N3O6S. The van der Waals surface area contributed by atoms with E-state index in [1.54, 1.807) is 0 Å². The number of carbonyl (C=O) groups is 3. The number of rotatable bonds is 15. The molecule has 38 heavy (non-hydrogen) atoms. The van der Waals surface area contributed by atoms with Crippen LogP contribution in [-0.2, 0) is 30.8 Å². The van der Waals surface area contributed by atoms with Crippen molar-refractivity contribution < 1.29 is 27.5 Å². The minimum absolute atomic E-state index is 0.0688. The molecule has 1 aromatic rings. The summed E-state index contributed by atoms with van der Waals surface area (Å²) in [4.78, 5) is 38.9. The molecule has 0 unspecified atom stereocenters. The predicted molar refractivity (Wildman–Crippen MR) is 150 cm³/mol. The summed E-state index contributed by atoms with van der Waals surface area (Å²) in [6.07, 6.45) is 3.09. The first-order valence-electron chi connectivity index (χ1n) is 13.1. The van der Waals surface area contributed by atoms with Crippen molar-refractivity contribution in [3.05, 3.63) is 47.4 Å². The number of sulfone groups is 1. The van der Waals surface area contributed by atoms with E-state index >= 15 is 0 Å². The summed E-state index contributed by atoms with van der Waals surface area (Å²) < 4.78 is 28.5. The molecule has 0 fully saturated rings. The second-order valence-electron chi connectivity index (χ2n) is 11.0. The summed E-state index contributed by atoms with van der Waals surface area (Å²) >= 11 is 0. The molecule has 9 nitrogen and oxygen atoms in total. The average Bonchev–Trinajstić information content (AvgIpc) is 2.79. The molecule has 214 valence electrons. The van der Waals surface area contributed by atoms with Gasteiger partial charge in [0.05, 0.1) is 0 Å². The third-order valence-corrected chi connectivity index (χ3v) is 6.13. The second-order valence-corrected chi connectivity index (χ2v) is 12.9. The smallest absolute Gasteiger partial charge is 0.408 e. The molecule has 1 aromatic carbocycles. The van der Waals surface area contributed by atoms with Crippen molar-refractivity contribution in [1.82, 2.24) is 16.0 Å². The quantitative estimate of drug-likeness (QED) is 0.303. The zero-order valence-corrected chi connectivity index (χ0v) is 24.5. The van der Waals surface area contributed by atoms with Crippen LogP contribution in [0.25, 0.3) is 0 Å². The molecule has 0 saturated heterocycles. The molecule has 1 rings (SSSR count). The molecule has 0 aromatic heterocycles. The minimum Gasteiger partial charge on any atom is -0.445 e. The van der Waals surface area contributed by atoms with E-state index in [1.807, 2.05) is 71.9 Å². The first kappa shape index (κ1) is 33.1.